The van der Waals surface area contributed by atoms with E-state index in [0.29, 0.717) is 17.6 Å². The topological polar surface area (TPSA) is 12.5 Å². The van der Waals surface area contributed by atoms with Crippen LogP contribution in [0.2, 0.25) is 0 Å². The maximum Gasteiger partial charge on any atom is 0.0622 e. The molecule has 2 atom stereocenters. The molecule has 0 spiro atoms. The van der Waals surface area contributed by atoms with Crippen molar-refractivity contribution < 1.29 is 4.74 Å². The summed E-state index contributed by atoms with van der Waals surface area (Å²) >= 11 is 0. The Bertz CT molecular complexity index is 244. The van der Waals surface area contributed by atoms with E-state index < -0.39 is 0 Å². The summed E-state index contributed by atoms with van der Waals surface area (Å²) in [5, 5.41) is 0. The highest BCUT2D eigenvalue weighted by atomic mass is 16.5. The summed E-state index contributed by atoms with van der Waals surface area (Å²) in [5.74, 6) is 0.583. The SMILES string of the molecule is CC(C)C(CC1(C)CCCN1C)OC(C)(C)C. The van der Waals surface area contributed by atoms with Gasteiger partial charge in [0.05, 0.1) is 11.7 Å². The third kappa shape index (κ3) is 4.26. The second kappa shape index (κ2) is 5.27. The molecule has 0 N–H and O–H groups in total. The minimum absolute atomic E-state index is 0.0392. The van der Waals surface area contributed by atoms with Gasteiger partial charge in [-0.1, -0.05) is 13.8 Å². The van der Waals surface area contributed by atoms with Crippen molar-refractivity contribution in [2.45, 2.75) is 78.0 Å². The van der Waals surface area contributed by atoms with Crippen molar-refractivity contribution in [3.05, 3.63) is 0 Å². The van der Waals surface area contributed by atoms with Gasteiger partial charge in [-0.3, -0.25) is 0 Å². The average Bonchev–Trinajstić information content (AvgIpc) is 2.43. The largest absolute Gasteiger partial charge is 0.372 e. The molecule has 2 heteroatoms. The van der Waals surface area contributed by atoms with Crippen LogP contribution in [0.3, 0.4) is 0 Å². The van der Waals surface area contributed by atoms with Gasteiger partial charge >= 0.3 is 0 Å². The van der Waals surface area contributed by atoms with Crippen LogP contribution in [0.25, 0.3) is 0 Å². The number of hydrogen-bond acceptors (Lipinski definition) is 2. The van der Waals surface area contributed by atoms with Crippen molar-refractivity contribution in [3.8, 4) is 0 Å². The monoisotopic (exact) mass is 241 g/mol. The fourth-order valence-corrected chi connectivity index (χ4v) is 2.72. The van der Waals surface area contributed by atoms with Crippen LogP contribution in [-0.4, -0.2) is 35.7 Å². The van der Waals surface area contributed by atoms with Crippen LogP contribution in [0.4, 0.5) is 0 Å². The highest BCUT2D eigenvalue weighted by Crippen LogP contribution is 2.35. The zero-order valence-corrected chi connectivity index (χ0v) is 12.8. The van der Waals surface area contributed by atoms with Crippen LogP contribution < -0.4 is 0 Å². The smallest absolute Gasteiger partial charge is 0.0622 e. The molecule has 102 valence electrons. The van der Waals surface area contributed by atoms with Crippen molar-refractivity contribution in [1.29, 1.82) is 0 Å². The molecule has 2 nitrogen and oxygen atoms in total. The minimum Gasteiger partial charge on any atom is -0.372 e. The molecular formula is C15H31NO. The van der Waals surface area contributed by atoms with Gasteiger partial charge in [0.25, 0.3) is 0 Å². The van der Waals surface area contributed by atoms with Gasteiger partial charge in [-0.2, -0.15) is 0 Å². The lowest BCUT2D eigenvalue weighted by Gasteiger charge is -2.39. The number of likely N-dealkylation sites (tertiary alicyclic amines) is 1. The molecular weight excluding hydrogens is 210 g/mol. The molecule has 1 aliphatic heterocycles. The fourth-order valence-electron chi connectivity index (χ4n) is 2.72. The number of nitrogens with zero attached hydrogens (tertiary/aromatic N) is 1. The summed E-state index contributed by atoms with van der Waals surface area (Å²) in [6, 6.07) is 0. The van der Waals surface area contributed by atoms with Gasteiger partial charge < -0.3 is 9.64 Å². The van der Waals surface area contributed by atoms with Crippen LogP contribution in [0.5, 0.6) is 0 Å². The fraction of sp³-hybridized carbons (Fsp3) is 1.00. The van der Waals surface area contributed by atoms with Gasteiger partial charge in [0, 0.05) is 5.54 Å². The Morgan fingerprint density at radius 2 is 1.88 bits per heavy atom. The molecule has 1 rings (SSSR count). The Labute approximate surface area is 108 Å². The maximum absolute atomic E-state index is 6.25. The minimum atomic E-state index is -0.0392. The Morgan fingerprint density at radius 3 is 2.24 bits per heavy atom. The van der Waals surface area contributed by atoms with E-state index in [0.717, 1.165) is 6.42 Å². The highest BCUT2D eigenvalue weighted by molar-refractivity contribution is 4.93. The molecule has 0 bridgehead atoms. The Kier molecular flexibility index (Phi) is 4.65. The summed E-state index contributed by atoms with van der Waals surface area (Å²) in [5.41, 5.74) is 0.294. The molecule has 1 saturated heterocycles. The lowest BCUT2D eigenvalue weighted by atomic mass is 9.87. The van der Waals surface area contributed by atoms with Crippen LogP contribution >= 0.6 is 0 Å². The second-order valence-corrected chi connectivity index (χ2v) is 7.24. The van der Waals surface area contributed by atoms with Crippen molar-refractivity contribution in [2.75, 3.05) is 13.6 Å². The molecule has 0 radical (unpaired) electrons. The zero-order valence-electron chi connectivity index (χ0n) is 12.8. The van der Waals surface area contributed by atoms with E-state index in [-0.39, 0.29) is 5.60 Å². The first kappa shape index (κ1) is 15.0. The third-order valence-corrected chi connectivity index (χ3v) is 4.02. The van der Waals surface area contributed by atoms with Crippen molar-refractivity contribution in [1.82, 2.24) is 4.90 Å². The van der Waals surface area contributed by atoms with E-state index >= 15 is 0 Å². The molecule has 17 heavy (non-hydrogen) atoms. The van der Waals surface area contributed by atoms with Gasteiger partial charge in [-0.15, -0.1) is 0 Å². The first-order chi connectivity index (χ1) is 7.64. The molecule has 1 heterocycles. The summed E-state index contributed by atoms with van der Waals surface area (Å²) in [6.07, 6.45) is 4.15. The van der Waals surface area contributed by atoms with Gasteiger partial charge in [0.2, 0.25) is 0 Å². The molecule has 0 saturated carbocycles. The zero-order chi connectivity index (χ0) is 13.3. The Morgan fingerprint density at radius 1 is 1.29 bits per heavy atom. The predicted octanol–water partition coefficient (Wildman–Crippen LogP) is 3.70. The summed E-state index contributed by atoms with van der Waals surface area (Å²) in [6.45, 7) is 14.6. The van der Waals surface area contributed by atoms with Crippen molar-refractivity contribution in [3.63, 3.8) is 0 Å². The van der Waals surface area contributed by atoms with Crippen molar-refractivity contribution >= 4 is 0 Å². The lowest BCUT2D eigenvalue weighted by molar-refractivity contribution is -0.0967. The number of hydrogen-bond donors (Lipinski definition) is 0. The number of rotatable bonds is 4. The quantitative estimate of drug-likeness (QED) is 0.744. The maximum atomic E-state index is 6.25. The Balaban J connectivity index is 2.67. The third-order valence-electron chi connectivity index (χ3n) is 4.02. The molecule has 0 amide bonds. The first-order valence-corrected chi connectivity index (χ1v) is 7.03. The van der Waals surface area contributed by atoms with Crippen LogP contribution in [0.1, 0.15) is 60.8 Å². The average molecular weight is 241 g/mol. The molecule has 0 aromatic heterocycles. The van der Waals surface area contributed by atoms with Crippen molar-refractivity contribution in [2.24, 2.45) is 5.92 Å². The van der Waals surface area contributed by atoms with Crippen LogP contribution in [0, 0.1) is 5.92 Å². The van der Waals surface area contributed by atoms with E-state index in [4.69, 9.17) is 4.74 Å². The van der Waals surface area contributed by atoms with E-state index in [1.807, 2.05) is 0 Å². The van der Waals surface area contributed by atoms with E-state index in [1.165, 1.54) is 19.4 Å². The molecule has 1 aliphatic rings. The van der Waals surface area contributed by atoms with Gasteiger partial charge in [-0.05, 0) is 66.5 Å². The summed E-state index contributed by atoms with van der Waals surface area (Å²) < 4.78 is 6.25. The van der Waals surface area contributed by atoms with E-state index in [9.17, 15) is 0 Å². The predicted molar refractivity (Wildman–Crippen MR) is 74.4 cm³/mol. The molecule has 2 unspecified atom stereocenters. The molecule has 0 aromatic rings. The molecule has 1 fully saturated rings. The van der Waals surface area contributed by atoms with Gasteiger partial charge in [0.1, 0.15) is 0 Å². The molecule has 0 aliphatic carbocycles. The Hall–Kier alpha value is -0.0800. The number of ether oxygens (including phenoxy) is 1. The lowest BCUT2D eigenvalue weighted by Crippen LogP contribution is -2.44. The normalized spacial score (nSPS) is 28.9. The van der Waals surface area contributed by atoms with E-state index in [1.54, 1.807) is 0 Å². The van der Waals surface area contributed by atoms with E-state index in [2.05, 4.69) is 53.5 Å². The first-order valence-electron chi connectivity index (χ1n) is 7.03. The second-order valence-electron chi connectivity index (χ2n) is 7.24. The summed E-state index contributed by atoms with van der Waals surface area (Å²) in [4.78, 5) is 2.51. The van der Waals surface area contributed by atoms with Crippen LogP contribution in [-0.2, 0) is 4.74 Å². The van der Waals surface area contributed by atoms with Crippen LogP contribution in [0.15, 0.2) is 0 Å². The molecule has 0 aromatic carbocycles. The summed E-state index contributed by atoms with van der Waals surface area (Å²) in [7, 11) is 2.25. The van der Waals surface area contributed by atoms with Gasteiger partial charge in [-0.25, -0.2) is 0 Å². The highest BCUT2D eigenvalue weighted by Gasteiger charge is 2.38. The standard InChI is InChI=1S/C15H31NO/c1-12(2)13(17-14(3,4)5)11-15(6)9-8-10-16(15)7/h12-13H,8-11H2,1-7H3. The van der Waals surface area contributed by atoms with Gasteiger partial charge in [0.15, 0.2) is 0 Å².